The number of rotatable bonds is 8. The fraction of sp³-hybridized carbons (Fsp3) is 0.448. The number of nitrogens with zero attached hydrogens (tertiary/aromatic N) is 4. The Morgan fingerprint density at radius 3 is 2.79 bits per heavy atom. The van der Waals surface area contributed by atoms with Crippen molar-refractivity contribution in [3.05, 3.63) is 53.1 Å². The highest BCUT2D eigenvalue weighted by Gasteiger charge is 2.27. The molecule has 1 aliphatic carbocycles. The highest BCUT2D eigenvalue weighted by Crippen LogP contribution is 2.38. The summed E-state index contributed by atoms with van der Waals surface area (Å²) in [5.74, 6) is 1.93. The molecule has 1 N–H and O–H groups in total. The summed E-state index contributed by atoms with van der Waals surface area (Å²) >= 11 is 1.46. The van der Waals surface area contributed by atoms with Crippen LogP contribution in [0.4, 0.5) is 0 Å². The third-order valence-corrected chi connectivity index (χ3v) is 7.27. The first-order valence-electron chi connectivity index (χ1n) is 13.4. The molecule has 1 amide bonds. The van der Waals surface area contributed by atoms with E-state index in [1.165, 1.54) is 23.1 Å². The van der Waals surface area contributed by atoms with Crippen molar-refractivity contribution < 1.29 is 18.8 Å². The molecule has 0 radical (unpaired) electrons. The predicted molar refractivity (Wildman–Crippen MR) is 151 cm³/mol. The number of amides is 1. The zero-order chi connectivity index (χ0) is 27.8. The Morgan fingerprint density at radius 1 is 1.26 bits per heavy atom. The number of ether oxygens (including phenoxy) is 2. The lowest BCUT2D eigenvalue weighted by Crippen LogP contribution is -2.41. The van der Waals surface area contributed by atoms with Crippen molar-refractivity contribution in [2.45, 2.75) is 52.7 Å². The Balaban J connectivity index is 0.00000172. The van der Waals surface area contributed by atoms with E-state index in [-0.39, 0.29) is 18.1 Å². The van der Waals surface area contributed by atoms with Gasteiger partial charge >= 0.3 is 0 Å². The van der Waals surface area contributed by atoms with Crippen LogP contribution in [0.25, 0.3) is 22.8 Å². The molecular formula is C29H35N5O4S. The monoisotopic (exact) mass is 549 g/mol. The van der Waals surface area contributed by atoms with Crippen molar-refractivity contribution in [2.24, 2.45) is 0 Å². The number of fused-ring (bicyclic) bond motifs is 1. The molecule has 1 atom stereocenters. The van der Waals surface area contributed by atoms with Gasteiger partial charge in [-0.3, -0.25) is 9.52 Å². The molecule has 0 bridgehead atoms. The number of carbonyl (C=O) groups excluding carboxylic acids is 1. The van der Waals surface area contributed by atoms with Gasteiger partial charge in [0.25, 0.3) is 5.89 Å². The maximum atomic E-state index is 12.4. The third kappa shape index (κ3) is 6.79. The van der Waals surface area contributed by atoms with Crippen molar-refractivity contribution in [1.29, 1.82) is 5.26 Å². The summed E-state index contributed by atoms with van der Waals surface area (Å²) in [5, 5.41) is 13.8. The molecule has 2 aromatic carbocycles. The summed E-state index contributed by atoms with van der Waals surface area (Å²) in [6.07, 6.45) is 1.78. The van der Waals surface area contributed by atoms with Gasteiger partial charge in [0.1, 0.15) is 11.8 Å². The second kappa shape index (κ2) is 13.6. The lowest BCUT2D eigenvalue weighted by atomic mass is 10.0. The van der Waals surface area contributed by atoms with Gasteiger partial charge in [-0.1, -0.05) is 49.2 Å². The fourth-order valence-electron chi connectivity index (χ4n) is 4.65. The van der Waals surface area contributed by atoms with Crippen LogP contribution in [0.5, 0.6) is 5.75 Å². The van der Waals surface area contributed by atoms with Crippen molar-refractivity contribution in [3.63, 3.8) is 0 Å². The van der Waals surface area contributed by atoms with E-state index in [1.807, 2.05) is 50.8 Å². The number of nitrogens with one attached hydrogen (secondary N) is 1. The van der Waals surface area contributed by atoms with Crippen molar-refractivity contribution in [2.75, 3.05) is 32.1 Å². The summed E-state index contributed by atoms with van der Waals surface area (Å²) in [6, 6.07) is 13.7. The van der Waals surface area contributed by atoms with Crippen LogP contribution in [0.15, 0.2) is 40.9 Å². The van der Waals surface area contributed by atoms with Gasteiger partial charge in [-0.15, -0.1) is 0 Å². The SMILES string of the molecule is CC.CC(C)Oc1ccc(-c2nc(-c3cccc4c3CCC4NSCC(=O)N3CCOCC3)no2)cc1C#N. The molecule has 206 valence electrons. The number of carbonyl (C=O) groups is 1. The highest BCUT2D eigenvalue weighted by atomic mass is 32.2. The van der Waals surface area contributed by atoms with E-state index >= 15 is 0 Å². The van der Waals surface area contributed by atoms with Gasteiger partial charge in [-0.25, -0.2) is 0 Å². The van der Waals surface area contributed by atoms with E-state index in [0.717, 1.165) is 18.4 Å². The molecule has 3 aromatic rings. The molecule has 39 heavy (non-hydrogen) atoms. The van der Waals surface area contributed by atoms with Crippen LogP contribution in [-0.2, 0) is 16.0 Å². The molecule has 1 fully saturated rings. The van der Waals surface area contributed by atoms with Crippen LogP contribution in [0.3, 0.4) is 0 Å². The lowest BCUT2D eigenvalue weighted by molar-refractivity contribution is -0.132. The molecule has 0 saturated carbocycles. The summed E-state index contributed by atoms with van der Waals surface area (Å²) in [7, 11) is 0. The van der Waals surface area contributed by atoms with Crippen molar-refractivity contribution in [1.82, 2.24) is 19.8 Å². The second-order valence-electron chi connectivity index (χ2n) is 9.28. The Morgan fingerprint density at radius 2 is 2.05 bits per heavy atom. The van der Waals surface area contributed by atoms with Crippen LogP contribution in [0, 0.1) is 11.3 Å². The standard InChI is InChI=1S/C27H29N5O4S.C2H6/c1-17(2)35-24-9-6-18(14-19(24)15-28)27-29-26(30-36-27)22-5-3-4-21-20(22)7-8-23(21)31-37-16-25(33)32-10-12-34-13-11-32;1-2/h3-6,9,14,17,23,31H,7-8,10-13,16H2,1-2H3;1-2H3. The molecule has 5 rings (SSSR count). The summed E-state index contributed by atoms with van der Waals surface area (Å²) in [5.41, 5.74) is 4.40. The van der Waals surface area contributed by atoms with E-state index in [1.54, 1.807) is 12.1 Å². The average Bonchev–Trinajstić information content (AvgIpc) is 3.62. The highest BCUT2D eigenvalue weighted by molar-refractivity contribution is 7.98. The number of morpholine rings is 1. The molecule has 1 aliphatic heterocycles. The molecule has 1 saturated heterocycles. The number of hydrogen-bond acceptors (Lipinski definition) is 9. The summed E-state index contributed by atoms with van der Waals surface area (Å²) < 4.78 is 20.1. The number of hydrogen-bond donors (Lipinski definition) is 1. The Hall–Kier alpha value is -3.39. The molecule has 1 aromatic heterocycles. The smallest absolute Gasteiger partial charge is 0.258 e. The van der Waals surface area contributed by atoms with Gasteiger partial charge in [0.15, 0.2) is 0 Å². The van der Waals surface area contributed by atoms with Gasteiger partial charge < -0.3 is 18.9 Å². The minimum absolute atomic E-state index is 0.0323. The molecule has 0 spiro atoms. The summed E-state index contributed by atoms with van der Waals surface area (Å²) in [6.45, 7) is 10.4. The zero-order valence-corrected chi connectivity index (χ0v) is 23.7. The maximum Gasteiger partial charge on any atom is 0.258 e. The molecule has 2 aliphatic rings. The molecule has 1 unspecified atom stereocenters. The lowest BCUT2D eigenvalue weighted by Gasteiger charge is -2.26. The largest absolute Gasteiger partial charge is 0.490 e. The Labute approximate surface area is 234 Å². The van der Waals surface area contributed by atoms with E-state index in [2.05, 4.69) is 27.0 Å². The fourth-order valence-corrected chi connectivity index (χ4v) is 5.49. The number of aromatic nitrogens is 2. The molecule has 9 nitrogen and oxygen atoms in total. The van der Waals surface area contributed by atoms with Gasteiger partial charge in [0.2, 0.25) is 11.7 Å². The average molecular weight is 550 g/mol. The van der Waals surface area contributed by atoms with Gasteiger partial charge in [0.05, 0.1) is 30.6 Å². The van der Waals surface area contributed by atoms with Gasteiger partial charge in [-0.05, 0) is 56.0 Å². The quantitative estimate of drug-likeness (QED) is 0.380. The van der Waals surface area contributed by atoms with E-state index in [0.29, 0.717) is 60.6 Å². The van der Waals surface area contributed by atoms with Crippen molar-refractivity contribution in [3.8, 4) is 34.7 Å². The van der Waals surface area contributed by atoms with E-state index in [4.69, 9.17) is 14.0 Å². The Kier molecular flexibility index (Phi) is 9.98. The first-order valence-corrected chi connectivity index (χ1v) is 14.4. The number of benzene rings is 2. The van der Waals surface area contributed by atoms with E-state index in [9.17, 15) is 10.1 Å². The van der Waals surface area contributed by atoms with Crippen LogP contribution in [0.2, 0.25) is 0 Å². The van der Waals surface area contributed by atoms with Crippen LogP contribution >= 0.6 is 11.9 Å². The second-order valence-corrected chi connectivity index (χ2v) is 10.1. The first kappa shape index (κ1) is 28.6. The number of nitriles is 1. The van der Waals surface area contributed by atoms with Gasteiger partial charge in [-0.2, -0.15) is 10.2 Å². The van der Waals surface area contributed by atoms with Crippen LogP contribution < -0.4 is 9.46 Å². The normalized spacial score (nSPS) is 16.3. The van der Waals surface area contributed by atoms with E-state index < -0.39 is 0 Å². The first-order chi connectivity index (χ1) is 19.0. The zero-order valence-electron chi connectivity index (χ0n) is 22.9. The minimum atomic E-state index is -0.0323. The maximum absolute atomic E-state index is 12.4. The topological polar surface area (TPSA) is 114 Å². The minimum Gasteiger partial charge on any atom is -0.490 e. The molecular weight excluding hydrogens is 514 g/mol. The predicted octanol–water partition coefficient (Wildman–Crippen LogP) is 5.17. The van der Waals surface area contributed by atoms with Gasteiger partial charge in [0, 0.05) is 30.3 Å². The molecule has 2 heterocycles. The third-order valence-electron chi connectivity index (χ3n) is 6.43. The molecule has 10 heteroatoms. The van der Waals surface area contributed by atoms with Crippen LogP contribution in [0.1, 0.15) is 56.8 Å². The van der Waals surface area contributed by atoms with Crippen molar-refractivity contribution >= 4 is 17.9 Å². The summed E-state index contributed by atoms with van der Waals surface area (Å²) in [4.78, 5) is 18.9. The van der Waals surface area contributed by atoms with Crippen LogP contribution in [-0.4, -0.2) is 59.1 Å². The Bertz CT molecular complexity index is 1310.